The number of aromatic amines is 1. The van der Waals surface area contributed by atoms with E-state index in [1.165, 1.54) is 29.0 Å². The Morgan fingerprint density at radius 1 is 1.42 bits per heavy atom. The average Bonchev–Trinajstić information content (AvgIpc) is 2.38. The Labute approximate surface area is 115 Å². The van der Waals surface area contributed by atoms with Crippen LogP contribution in [0.5, 0.6) is 0 Å². The predicted octanol–water partition coefficient (Wildman–Crippen LogP) is 1.36. The first-order valence-corrected chi connectivity index (χ1v) is 5.98. The maximum Gasteiger partial charge on any atom is 0.328 e. The van der Waals surface area contributed by atoms with Gasteiger partial charge in [-0.3, -0.25) is 14.3 Å². The van der Waals surface area contributed by atoms with Gasteiger partial charge in [0.1, 0.15) is 11.9 Å². The molecule has 0 amide bonds. The molecule has 2 rings (SSSR count). The third-order valence-corrected chi connectivity index (χ3v) is 3.04. The lowest BCUT2D eigenvalue weighted by Gasteiger charge is -2.06. The molecule has 0 saturated heterocycles. The van der Waals surface area contributed by atoms with Crippen LogP contribution in [-0.2, 0) is 6.54 Å². The van der Waals surface area contributed by atoms with E-state index in [0.29, 0.717) is 5.56 Å². The zero-order valence-corrected chi connectivity index (χ0v) is 11.1. The third kappa shape index (κ3) is 2.80. The van der Waals surface area contributed by atoms with E-state index in [1.54, 1.807) is 6.07 Å². The summed E-state index contributed by atoms with van der Waals surface area (Å²) in [4.78, 5) is 24.9. The van der Waals surface area contributed by atoms with Crippen molar-refractivity contribution in [2.24, 2.45) is 0 Å². The molecule has 0 unspecified atom stereocenters. The Morgan fingerprint density at radius 3 is 2.84 bits per heavy atom. The second kappa shape index (κ2) is 5.20. The molecule has 7 heteroatoms. The molecule has 96 valence electrons. The quantitative estimate of drug-likeness (QED) is 0.906. The van der Waals surface area contributed by atoms with E-state index < -0.39 is 17.1 Å². The van der Waals surface area contributed by atoms with Gasteiger partial charge in [0.2, 0.25) is 0 Å². The lowest BCUT2D eigenvalue weighted by atomic mass is 10.1. The molecule has 2 aromatic rings. The number of benzene rings is 1. The molecular weight excluding hydrogens is 317 g/mol. The van der Waals surface area contributed by atoms with E-state index in [-0.39, 0.29) is 16.6 Å². The molecule has 0 aliphatic carbocycles. The molecule has 0 radical (unpaired) electrons. The lowest BCUT2D eigenvalue weighted by Crippen LogP contribution is -2.30. The van der Waals surface area contributed by atoms with E-state index in [1.807, 2.05) is 0 Å². The van der Waals surface area contributed by atoms with Crippen LogP contribution in [0.25, 0.3) is 0 Å². The fraction of sp³-hybridized carbons (Fsp3) is 0.0833. The molecule has 0 atom stereocenters. The van der Waals surface area contributed by atoms with Gasteiger partial charge in [-0.1, -0.05) is 6.07 Å². The van der Waals surface area contributed by atoms with Crippen molar-refractivity contribution < 1.29 is 4.39 Å². The molecule has 0 saturated carbocycles. The second-order valence-electron chi connectivity index (χ2n) is 3.79. The highest BCUT2D eigenvalue weighted by atomic mass is 79.9. The molecule has 1 heterocycles. The number of nitrogens with zero attached hydrogens (tertiary/aromatic N) is 2. The van der Waals surface area contributed by atoms with Crippen LogP contribution < -0.4 is 11.2 Å². The van der Waals surface area contributed by atoms with Crippen LogP contribution in [0.15, 0.2) is 38.5 Å². The Hall–Kier alpha value is -2.20. The van der Waals surface area contributed by atoms with Crippen molar-refractivity contribution in [3.05, 3.63) is 66.7 Å². The van der Waals surface area contributed by atoms with Crippen LogP contribution in [0.4, 0.5) is 4.39 Å². The lowest BCUT2D eigenvalue weighted by molar-refractivity contribution is 0.621. The van der Waals surface area contributed by atoms with Crippen LogP contribution in [0.3, 0.4) is 0 Å². The van der Waals surface area contributed by atoms with E-state index in [2.05, 4.69) is 20.9 Å². The summed E-state index contributed by atoms with van der Waals surface area (Å²) in [5.74, 6) is -0.610. The highest BCUT2D eigenvalue weighted by Crippen LogP contribution is 2.10. The number of hydrogen-bond donors (Lipinski definition) is 1. The maximum absolute atomic E-state index is 13.2. The smallest absolute Gasteiger partial charge is 0.295 e. The van der Waals surface area contributed by atoms with Crippen LogP contribution in [-0.4, -0.2) is 9.55 Å². The predicted molar refractivity (Wildman–Crippen MR) is 69.2 cm³/mol. The molecule has 0 aliphatic heterocycles. The van der Waals surface area contributed by atoms with Crippen LogP contribution in [0, 0.1) is 17.1 Å². The fourth-order valence-electron chi connectivity index (χ4n) is 1.55. The summed E-state index contributed by atoms with van der Waals surface area (Å²) in [5.41, 5.74) is -0.595. The minimum absolute atomic E-state index is 0.0889. The topological polar surface area (TPSA) is 78.7 Å². The Kier molecular flexibility index (Phi) is 3.62. The summed E-state index contributed by atoms with van der Waals surface area (Å²) in [6, 6.07) is 5.73. The minimum atomic E-state index is -0.610. The van der Waals surface area contributed by atoms with E-state index in [4.69, 9.17) is 5.26 Å². The summed E-state index contributed by atoms with van der Waals surface area (Å²) in [5, 5.41) is 8.73. The molecule has 1 aromatic carbocycles. The van der Waals surface area contributed by atoms with Crippen molar-refractivity contribution >= 4 is 15.9 Å². The monoisotopic (exact) mass is 323 g/mol. The van der Waals surface area contributed by atoms with Gasteiger partial charge >= 0.3 is 5.69 Å². The number of rotatable bonds is 2. The zero-order chi connectivity index (χ0) is 14.0. The van der Waals surface area contributed by atoms with Gasteiger partial charge < -0.3 is 0 Å². The van der Waals surface area contributed by atoms with Crippen molar-refractivity contribution in [2.75, 3.05) is 0 Å². The van der Waals surface area contributed by atoms with Crippen LogP contribution >= 0.6 is 15.9 Å². The number of H-pyrrole nitrogens is 1. The molecule has 0 bridgehead atoms. The van der Waals surface area contributed by atoms with E-state index in [9.17, 15) is 14.0 Å². The molecule has 0 spiro atoms. The van der Waals surface area contributed by atoms with Gasteiger partial charge in [-0.15, -0.1) is 0 Å². The third-order valence-electron chi connectivity index (χ3n) is 2.47. The average molecular weight is 324 g/mol. The Morgan fingerprint density at radius 2 is 2.16 bits per heavy atom. The molecule has 1 aromatic heterocycles. The number of aromatic nitrogens is 2. The highest BCUT2D eigenvalue weighted by molar-refractivity contribution is 9.10. The summed E-state index contributed by atoms with van der Waals surface area (Å²) >= 11 is 3.02. The van der Waals surface area contributed by atoms with Gasteiger partial charge in [0.15, 0.2) is 0 Å². The van der Waals surface area contributed by atoms with Crippen molar-refractivity contribution in [3.63, 3.8) is 0 Å². The largest absolute Gasteiger partial charge is 0.328 e. The van der Waals surface area contributed by atoms with Gasteiger partial charge in [0, 0.05) is 6.20 Å². The standard InChI is InChI=1S/C12H7BrFN3O2/c13-9-6-17(12(19)16-11(9)18)5-7-1-2-10(14)8(3-7)4-15/h1-3,6H,5H2,(H,16,18,19). The normalized spacial score (nSPS) is 10.2. The SMILES string of the molecule is N#Cc1cc(Cn2cc(Br)c(=O)[nH]c2=O)ccc1F. The van der Waals surface area contributed by atoms with E-state index in [0.717, 1.165) is 0 Å². The molecule has 1 N–H and O–H groups in total. The van der Waals surface area contributed by atoms with Crippen molar-refractivity contribution in [1.29, 1.82) is 5.26 Å². The van der Waals surface area contributed by atoms with Crippen molar-refractivity contribution in [3.8, 4) is 6.07 Å². The van der Waals surface area contributed by atoms with Crippen LogP contribution in [0.2, 0.25) is 0 Å². The van der Waals surface area contributed by atoms with E-state index >= 15 is 0 Å². The van der Waals surface area contributed by atoms with Crippen molar-refractivity contribution in [1.82, 2.24) is 9.55 Å². The summed E-state index contributed by atoms with van der Waals surface area (Å²) in [6.07, 6.45) is 1.34. The summed E-state index contributed by atoms with van der Waals surface area (Å²) < 4.78 is 14.6. The second-order valence-corrected chi connectivity index (χ2v) is 4.64. The Balaban J connectivity index is 2.42. The molecule has 0 fully saturated rings. The molecule has 0 aliphatic rings. The van der Waals surface area contributed by atoms with Gasteiger partial charge in [0.05, 0.1) is 16.6 Å². The van der Waals surface area contributed by atoms with Gasteiger partial charge in [-0.25, -0.2) is 9.18 Å². The summed E-state index contributed by atoms with van der Waals surface area (Å²) in [7, 11) is 0. The fourth-order valence-corrected chi connectivity index (χ4v) is 1.90. The van der Waals surface area contributed by atoms with Gasteiger partial charge in [0.25, 0.3) is 5.56 Å². The Bertz CT molecular complexity index is 789. The van der Waals surface area contributed by atoms with Crippen molar-refractivity contribution in [2.45, 2.75) is 6.54 Å². The van der Waals surface area contributed by atoms with Gasteiger partial charge in [-0.2, -0.15) is 5.26 Å². The first-order valence-electron chi connectivity index (χ1n) is 5.19. The maximum atomic E-state index is 13.2. The minimum Gasteiger partial charge on any atom is -0.295 e. The number of hydrogen-bond acceptors (Lipinski definition) is 3. The summed E-state index contributed by atoms with van der Waals surface area (Å²) in [6.45, 7) is 0.128. The number of halogens is 2. The molecule has 5 nitrogen and oxygen atoms in total. The molecule has 19 heavy (non-hydrogen) atoms. The first-order chi connectivity index (χ1) is 9.01. The van der Waals surface area contributed by atoms with Gasteiger partial charge in [-0.05, 0) is 33.6 Å². The highest BCUT2D eigenvalue weighted by Gasteiger charge is 2.06. The number of nitrogens with one attached hydrogen (secondary N) is 1. The first kappa shape index (κ1) is 13.2. The molecular formula is C12H7BrFN3O2. The zero-order valence-electron chi connectivity index (χ0n) is 9.48. The van der Waals surface area contributed by atoms with Crippen LogP contribution in [0.1, 0.15) is 11.1 Å². The number of nitriles is 1.